The molecule has 1 fully saturated rings. The molecule has 0 heterocycles. The lowest BCUT2D eigenvalue weighted by molar-refractivity contribution is -0.174. The van der Waals surface area contributed by atoms with Crippen molar-refractivity contribution in [2.24, 2.45) is 11.7 Å². The first-order valence-corrected chi connectivity index (χ1v) is 7.35. The Labute approximate surface area is 119 Å². The van der Waals surface area contributed by atoms with Crippen molar-refractivity contribution in [3.8, 4) is 0 Å². The topological polar surface area (TPSA) is 38.5 Å². The predicted molar refractivity (Wildman–Crippen MR) is 73.5 cm³/mol. The number of ether oxygens (including phenoxy) is 1. The SMILES string of the molecule is CC1CCC(CN)(N(C)CCCOCC(F)(F)F)CC1. The van der Waals surface area contributed by atoms with Crippen molar-refractivity contribution >= 4 is 0 Å². The van der Waals surface area contributed by atoms with Crippen molar-refractivity contribution in [3.05, 3.63) is 0 Å². The maximum absolute atomic E-state index is 11.9. The van der Waals surface area contributed by atoms with Crippen LogP contribution in [0.2, 0.25) is 0 Å². The van der Waals surface area contributed by atoms with Gasteiger partial charge in [-0.15, -0.1) is 0 Å². The molecule has 1 rings (SSSR count). The highest BCUT2D eigenvalue weighted by atomic mass is 19.4. The van der Waals surface area contributed by atoms with E-state index in [1.54, 1.807) is 0 Å². The summed E-state index contributed by atoms with van der Waals surface area (Å²) in [6.45, 7) is 2.58. The molecule has 0 aliphatic heterocycles. The van der Waals surface area contributed by atoms with Crippen molar-refractivity contribution in [1.82, 2.24) is 4.90 Å². The van der Waals surface area contributed by atoms with Gasteiger partial charge in [-0.3, -0.25) is 4.90 Å². The lowest BCUT2D eigenvalue weighted by Gasteiger charge is -2.45. The summed E-state index contributed by atoms with van der Waals surface area (Å²) in [7, 11) is 2.02. The minimum atomic E-state index is -4.23. The molecule has 20 heavy (non-hydrogen) atoms. The van der Waals surface area contributed by atoms with E-state index in [9.17, 15) is 13.2 Å². The Morgan fingerprint density at radius 2 is 1.90 bits per heavy atom. The van der Waals surface area contributed by atoms with Crippen molar-refractivity contribution < 1.29 is 17.9 Å². The maximum atomic E-state index is 11.9. The summed E-state index contributed by atoms with van der Waals surface area (Å²) in [6.07, 6.45) is 0.862. The molecule has 0 aromatic carbocycles. The van der Waals surface area contributed by atoms with Crippen LogP contribution in [0.25, 0.3) is 0 Å². The summed E-state index contributed by atoms with van der Waals surface area (Å²) < 4.78 is 40.4. The third kappa shape index (κ3) is 5.58. The molecule has 0 unspecified atom stereocenters. The van der Waals surface area contributed by atoms with Crippen LogP contribution in [0.4, 0.5) is 13.2 Å². The van der Waals surface area contributed by atoms with Crippen LogP contribution in [-0.4, -0.2) is 50.0 Å². The summed E-state index contributed by atoms with van der Waals surface area (Å²) in [5.74, 6) is 0.748. The molecule has 0 spiro atoms. The Bertz CT molecular complexity index is 276. The highest BCUT2D eigenvalue weighted by Crippen LogP contribution is 2.35. The molecule has 0 saturated heterocycles. The normalized spacial score (nSPS) is 28.1. The smallest absolute Gasteiger partial charge is 0.372 e. The molecule has 1 aliphatic carbocycles. The Morgan fingerprint density at radius 1 is 1.30 bits per heavy atom. The van der Waals surface area contributed by atoms with Crippen LogP contribution in [0.15, 0.2) is 0 Å². The van der Waals surface area contributed by atoms with E-state index in [0.717, 1.165) is 25.3 Å². The molecule has 1 aliphatic rings. The molecule has 0 aromatic rings. The van der Waals surface area contributed by atoms with Crippen LogP contribution >= 0.6 is 0 Å². The van der Waals surface area contributed by atoms with Gasteiger partial charge in [-0.2, -0.15) is 13.2 Å². The van der Waals surface area contributed by atoms with Crippen LogP contribution in [0.5, 0.6) is 0 Å². The minimum Gasteiger partial charge on any atom is -0.372 e. The first-order chi connectivity index (χ1) is 9.29. The number of rotatable bonds is 7. The van der Waals surface area contributed by atoms with Crippen LogP contribution in [-0.2, 0) is 4.74 Å². The first-order valence-electron chi connectivity index (χ1n) is 7.35. The van der Waals surface area contributed by atoms with Gasteiger partial charge >= 0.3 is 6.18 Å². The average molecular weight is 296 g/mol. The Kier molecular flexibility index (Phi) is 6.75. The lowest BCUT2D eigenvalue weighted by atomic mass is 9.76. The van der Waals surface area contributed by atoms with Crippen molar-refractivity contribution in [3.63, 3.8) is 0 Å². The second kappa shape index (κ2) is 7.61. The monoisotopic (exact) mass is 296 g/mol. The summed E-state index contributed by atoms with van der Waals surface area (Å²) in [6, 6.07) is 0. The average Bonchev–Trinajstić information content (AvgIpc) is 2.38. The lowest BCUT2D eigenvalue weighted by Crippen LogP contribution is -2.54. The zero-order valence-electron chi connectivity index (χ0n) is 12.5. The number of halogens is 3. The van der Waals surface area contributed by atoms with E-state index in [1.807, 2.05) is 7.05 Å². The second-order valence-electron chi connectivity index (χ2n) is 6.05. The third-order valence-corrected chi connectivity index (χ3v) is 4.44. The van der Waals surface area contributed by atoms with E-state index < -0.39 is 12.8 Å². The fraction of sp³-hybridized carbons (Fsp3) is 1.00. The van der Waals surface area contributed by atoms with Crippen LogP contribution in [0, 0.1) is 5.92 Å². The molecule has 0 amide bonds. The number of nitrogens with two attached hydrogens (primary N) is 1. The molecule has 0 bridgehead atoms. The molecule has 2 N–H and O–H groups in total. The Balaban J connectivity index is 2.28. The summed E-state index contributed by atoms with van der Waals surface area (Å²) >= 11 is 0. The molecule has 120 valence electrons. The highest BCUT2D eigenvalue weighted by molar-refractivity contribution is 4.94. The summed E-state index contributed by atoms with van der Waals surface area (Å²) in [5, 5.41) is 0. The van der Waals surface area contributed by atoms with Gasteiger partial charge in [0, 0.05) is 25.2 Å². The van der Waals surface area contributed by atoms with Gasteiger partial charge in [0.05, 0.1) is 0 Å². The summed E-state index contributed by atoms with van der Waals surface area (Å²) in [4.78, 5) is 2.22. The van der Waals surface area contributed by atoms with Crippen LogP contribution in [0.3, 0.4) is 0 Å². The van der Waals surface area contributed by atoms with E-state index in [1.165, 1.54) is 12.8 Å². The van der Waals surface area contributed by atoms with Crippen molar-refractivity contribution in [2.75, 3.05) is 33.4 Å². The fourth-order valence-electron chi connectivity index (χ4n) is 2.87. The fourth-order valence-corrected chi connectivity index (χ4v) is 2.87. The largest absolute Gasteiger partial charge is 0.411 e. The first kappa shape index (κ1) is 17.7. The number of alkyl halides is 3. The van der Waals surface area contributed by atoms with E-state index in [-0.39, 0.29) is 12.1 Å². The van der Waals surface area contributed by atoms with Gasteiger partial charge in [0.15, 0.2) is 0 Å². The Hall–Kier alpha value is -0.330. The minimum absolute atomic E-state index is 0.0243. The number of likely N-dealkylation sites (N-methyl/N-ethyl adjacent to an activating group) is 1. The third-order valence-electron chi connectivity index (χ3n) is 4.44. The quantitative estimate of drug-likeness (QED) is 0.734. The van der Waals surface area contributed by atoms with Gasteiger partial charge in [0.25, 0.3) is 0 Å². The molecular weight excluding hydrogens is 269 g/mol. The van der Waals surface area contributed by atoms with Gasteiger partial charge in [-0.25, -0.2) is 0 Å². The zero-order chi connectivity index (χ0) is 15.2. The van der Waals surface area contributed by atoms with Gasteiger partial charge < -0.3 is 10.5 Å². The van der Waals surface area contributed by atoms with Gasteiger partial charge in [-0.05, 0) is 45.1 Å². The van der Waals surface area contributed by atoms with Crippen LogP contribution < -0.4 is 5.73 Å². The van der Waals surface area contributed by atoms with E-state index in [4.69, 9.17) is 5.73 Å². The molecule has 0 atom stereocenters. The standard InChI is InChI=1S/C14H27F3N2O/c1-12-4-6-13(10-18,7-5-12)19(2)8-3-9-20-11-14(15,16)17/h12H,3-11,18H2,1-2H3. The molecule has 0 aromatic heterocycles. The second-order valence-corrected chi connectivity index (χ2v) is 6.05. The zero-order valence-corrected chi connectivity index (χ0v) is 12.5. The van der Waals surface area contributed by atoms with E-state index in [0.29, 0.717) is 13.0 Å². The molecular formula is C14H27F3N2O. The van der Waals surface area contributed by atoms with Gasteiger partial charge in [-0.1, -0.05) is 6.92 Å². The molecule has 6 heteroatoms. The predicted octanol–water partition coefficient (Wildman–Crippen LogP) is 2.79. The number of hydrogen-bond donors (Lipinski definition) is 1. The van der Waals surface area contributed by atoms with E-state index >= 15 is 0 Å². The Morgan fingerprint density at radius 3 is 2.40 bits per heavy atom. The maximum Gasteiger partial charge on any atom is 0.411 e. The van der Waals surface area contributed by atoms with Crippen molar-refractivity contribution in [1.29, 1.82) is 0 Å². The van der Waals surface area contributed by atoms with E-state index in [2.05, 4.69) is 16.6 Å². The number of hydrogen-bond acceptors (Lipinski definition) is 3. The van der Waals surface area contributed by atoms with Gasteiger partial charge in [0.1, 0.15) is 6.61 Å². The van der Waals surface area contributed by atoms with Gasteiger partial charge in [0.2, 0.25) is 0 Å². The molecule has 1 saturated carbocycles. The molecule has 0 radical (unpaired) electrons. The van der Waals surface area contributed by atoms with Crippen LogP contribution in [0.1, 0.15) is 39.0 Å². The van der Waals surface area contributed by atoms with Crippen molar-refractivity contribution in [2.45, 2.75) is 50.7 Å². The highest BCUT2D eigenvalue weighted by Gasteiger charge is 2.36. The molecule has 3 nitrogen and oxygen atoms in total. The summed E-state index contributed by atoms with van der Waals surface area (Å²) in [5.41, 5.74) is 5.97. The number of nitrogens with zero attached hydrogens (tertiary/aromatic N) is 1.